The standard InChI is InChI=1S/C23H27N5O2/c1-13-7-8-19(15(3)9-13)28-26-18(6)22(27-28)23(30)24-12-20(29)25-21-16(4)10-14(2)11-17(21)5/h7-11H,12H2,1-6H3,(H,24,30)(H,25,29). The molecule has 1 heterocycles. The Morgan fingerprint density at radius 3 is 2.13 bits per heavy atom. The summed E-state index contributed by atoms with van der Waals surface area (Å²) in [6.07, 6.45) is 0. The molecule has 2 amide bonds. The zero-order valence-corrected chi connectivity index (χ0v) is 18.3. The summed E-state index contributed by atoms with van der Waals surface area (Å²) in [6, 6.07) is 9.95. The zero-order valence-electron chi connectivity index (χ0n) is 18.3. The Bertz CT molecular complexity index is 1110. The number of hydrogen-bond donors (Lipinski definition) is 2. The summed E-state index contributed by atoms with van der Waals surface area (Å²) in [6.45, 7) is 11.5. The van der Waals surface area contributed by atoms with E-state index in [-0.39, 0.29) is 18.1 Å². The number of nitrogens with zero attached hydrogens (tertiary/aromatic N) is 3. The minimum Gasteiger partial charge on any atom is -0.342 e. The van der Waals surface area contributed by atoms with Gasteiger partial charge in [-0.05, 0) is 64.3 Å². The van der Waals surface area contributed by atoms with Crippen molar-refractivity contribution in [1.29, 1.82) is 0 Å². The largest absolute Gasteiger partial charge is 0.342 e. The van der Waals surface area contributed by atoms with Crippen LogP contribution in [0.5, 0.6) is 0 Å². The highest BCUT2D eigenvalue weighted by Crippen LogP contribution is 2.21. The van der Waals surface area contributed by atoms with Gasteiger partial charge in [0.05, 0.1) is 17.9 Å². The summed E-state index contributed by atoms with van der Waals surface area (Å²) < 4.78 is 0. The maximum absolute atomic E-state index is 12.6. The monoisotopic (exact) mass is 405 g/mol. The number of carbonyl (C=O) groups is 2. The van der Waals surface area contributed by atoms with Gasteiger partial charge >= 0.3 is 0 Å². The van der Waals surface area contributed by atoms with E-state index < -0.39 is 5.91 Å². The first-order valence-electron chi connectivity index (χ1n) is 9.83. The predicted octanol–water partition coefficient (Wildman–Crippen LogP) is 3.49. The number of benzene rings is 2. The molecule has 0 unspecified atom stereocenters. The van der Waals surface area contributed by atoms with E-state index in [1.165, 1.54) is 4.80 Å². The Labute approximate surface area is 176 Å². The van der Waals surface area contributed by atoms with Gasteiger partial charge in [0.15, 0.2) is 5.69 Å². The van der Waals surface area contributed by atoms with Gasteiger partial charge in [0.2, 0.25) is 5.91 Å². The van der Waals surface area contributed by atoms with Crippen LogP contribution in [0.1, 0.15) is 44.0 Å². The van der Waals surface area contributed by atoms with Crippen LogP contribution in [0.25, 0.3) is 5.69 Å². The molecule has 156 valence electrons. The molecule has 1 aromatic heterocycles. The fraction of sp³-hybridized carbons (Fsp3) is 0.304. The summed E-state index contributed by atoms with van der Waals surface area (Å²) in [5.41, 5.74) is 7.55. The Morgan fingerprint density at radius 2 is 1.50 bits per heavy atom. The highest BCUT2D eigenvalue weighted by molar-refractivity contribution is 5.99. The fourth-order valence-electron chi connectivity index (χ4n) is 3.53. The van der Waals surface area contributed by atoms with E-state index in [1.54, 1.807) is 6.92 Å². The minimum atomic E-state index is -0.434. The Hall–Kier alpha value is -3.48. The molecule has 0 aliphatic rings. The molecular weight excluding hydrogens is 378 g/mol. The lowest BCUT2D eigenvalue weighted by Gasteiger charge is -2.13. The van der Waals surface area contributed by atoms with Crippen molar-refractivity contribution < 1.29 is 9.59 Å². The van der Waals surface area contributed by atoms with Gasteiger partial charge in [-0.15, -0.1) is 5.10 Å². The van der Waals surface area contributed by atoms with E-state index in [4.69, 9.17) is 0 Å². The van der Waals surface area contributed by atoms with Crippen molar-refractivity contribution in [2.75, 3.05) is 11.9 Å². The molecule has 2 N–H and O–H groups in total. The topological polar surface area (TPSA) is 88.9 Å². The van der Waals surface area contributed by atoms with Crippen LogP contribution in [0.2, 0.25) is 0 Å². The molecule has 7 heteroatoms. The smallest absolute Gasteiger partial charge is 0.274 e. The van der Waals surface area contributed by atoms with Crippen LogP contribution >= 0.6 is 0 Å². The summed E-state index contributed by atoms with van der Waals surface area (Å²) in [5, 5.41) is 14.2. The van der Waals surface area contributed by atoms with Crippen LogP contribution < -0.4 is 10.6 Å². The SMILES string of the molecule is Cc1ccc(-n2nc(C)c(C(=O)NCC(=O)Nc3c(C)cc(C)cc3C)n2)c(C)c1. The average molecular weight is 406 g/mol. The third-order valence-corrected chi connectivity index (χ3v) is 4.92. The van der Waals surface area contributed by atoms with Gasteiger partial charge < -0.3 is 10.6 Å². The normalized spacial score (nSPS) is 10.7. The number of anilines is 1. The second-order valence-electron chi connectivity index (χ2n) is 7.72. The van der Waals surface area contributed by atoms with Crippen molar-refractivity contribution in [1.82, 2.24) is 20.3 Å². The third kappa shape index (κ3) is 4.56. The van der Waals surface area contributed by atoms with Gasteiger partial charge in [-0.1, -0.05) is 35.4 Å². The molecule has 3 aromatic rings. The molecule has 2 aromatic carbocycles. The molecular formula is C23H27N5O2. The van der Waals surface area contributed by atoms with E-state index in [2.05, 4.69) is 20.8 Å². The number of rotatable bonds is 5. The maximum Gasteiger partial charge on any atom is 0.274 e. The molecule has 0 saturated carbocycles. The Morgan fingerprint density at radius 1 is 0.867 bits per heavy atom. The van der Waals surface area contributed by atoms with Crippen molar-refractivity contribution in [2.45, 2.75) is 41.5 Å². The second kappa shape index (κ2) is 8.49. The third-order valence-electron chi connectivity index (χ3n) is 4.92. The van der Waals surface area contributed by atoms with E-state index in [9.17, 15) is 9.59 Å². The maximum atomic E-state index is 12.6. The summed E-state index contributed by atoms with van der Waals surface area (Å²) in [5.74, 6) is -0.728. The van der Waals surface area contributed by atoms with Crippen molar-refractivity contribution in [3.8, 4) is 5.69 Å². The molecule has 0 radical (unpaired) electrons. The number of hydrogen-bond acceptors (Lipinski definition) is 4. The molecule has 3 rings (SSSR count). The Balaban J connectivity index is 1.68. The summed E-state index contributed by atoms with van der Waals surface area (Å²) in [7, 11) is 0. The van der Waals surface area contributed by atoms with Crippen LogP contribution in [-0.2, 0) is 4.79 Å². The lowest BCUT2D eigenvalue weighted by atomic mass is 10.1. The molecule has 0 aliphatic carbocycles. The van der Waals surface area contributed by atoms with Crippen LogP contribution in [-0.4, -0.2) is 33.4 Å². The van der Waals surface area contributed by atoms with Crippen molar-refractivity contribution in [2.24, 2.45) is 0 Å². The van der Waals surface area contributed by atoms with Crippen LogP contribution in [0.4, 0.5) is 5.69 Å². The predicted molar refractivity (Wildman–Crippen MR) is 117 cm³/mol. The first kappa shape index (κ1) is 21.2. The lowest BCUT2D eigenvalue weighted by Crippen LogP contribution is -2.33. The first-order chi connectivity index (χ1) is 14.2. The van der Waals surface area contributed by atoms with Gasteiger partial charge in [0, 0.05) is 5.69 Å². The van der Waals surface area contributed by atoms with Crippen molar-refractivity contribution in [3.63, 3.8) is 0 Å². The highest BCUT2D eigenvalue weighted by Gasteiger charge is 2.18. The molecule has 7 nitrogen and oxygen atoms in total. The molecule has 0 bridgehead atoms. The number of nitrogens with one attached hydrogen (secondary N) is 2. The first-order valence-corrected chi connectivity index (χ1v) is 9.83. The Kier molecular flexibility index (Phi) is 6.01. The highest BCUT2D eigenvalue weighted by atomic mass is 16.2. The molecule has 0 saturated heterocycles. The van der Waals surface area contributed by atoms with Crippen LogP contribution in [0.3, 0.4) is 0 Å². The quantitative estimate of drug-likeness (QED) is 0.680. The molecule has 0 spiro atoms. The minimum absolute atomic E-state index is 0.151. The second-order valence-corrected chi connectivity index (χ2v) is 7.72. The van der Waals surface area contributed by atoms with Gasteiger partial charge in [-0.25, -0.2) is 0 Å². The van der Waals surface area contributed by atoms with Crippen LogP contribution in [0, 0.1) is 41.5 Å². The van der Waals surface area contributed by atoms with Gasteiger partial charge in [0.1, 0.15) is 0 Å². The number of aromatic nitrogens is 3. The van der Waals surface area contributed by atoms with E-state index in [0.29, 0.717) is 5.69 Å². The summed E-state index contributed by atoms with van der Waals surface area (Å²) >= 11 is 0. The number of carbonyl (C=O) groups excluding carboxylic acids is 2. The van der Waals surface area contributed by atoms with Crippen LogP contribution in [0.15, 0.2) is 30.3 Å². The number of aryl methyl sites for hydroxylation is 6. The fourth-order valence-corrected chi connectivity index (χ4v) is 3.53. The van der Waals surface area contributed by atoms with Crippen molar-refractivity contribution >= 4 is 17.5 Å². The molecule has 30 heavy (non-hydrogen) atoms. The van der Waals surface area contributed by atoms with Crippen molar-refractivity contribution in [3.05, 3.63) is 69.5 Å². The molecule has 0 aliphatic heterocycles. The lowest BCUT2D eigenvalue weighted by molar-refractivity contribution is -0.115. The molecule has 0 fully saturated rings. The summed E-state index contributed by atoms with van der Waals surface area (Å²) in [4.78, 5) is 26.4. The van der Waals surface area contributed by atoms with E-state index in [1.807, 2.05) is 65.0 Å². The van der Waals surface area contributed by atoms with Gasteiger partial charge in [0.25, 0.3) is 5.91 Å². The van der Waals surface area contributed by atoms with Gasteiger partial charge in [-0.2, -0.15) is 9.90 Å². The van der Waals surface area contributed by atoms with E-state index >= 15 is 0 Å². The average Bonchev–Trinajstić information content (AvgIpc) is 3.04. The zero-order chi connectivity index (χ0) is 22.0. The van der Waals surface area contributed by atoms with Gasteiger partial charge in [-0.3, -0.25) is 9.59 Å². The van der Waals surface area contributed by atoms with E-state index in [0.717, 1.165) is 39.2 Å². The molecule has 0 atom stereocenters. The number of amides is 2.